The number of nitrogens with zero attached hydrogens (tertiary/aromatic N) is 1. The second-order valence-electron chi connectivity index (χ2n) is 2.91. The molecule has 0 bridgehead atoms. The number of anilines is 1. The first-order valence-corrected chi connectivity index (χ1v) is 5.21. The topological polar surface area (TPSA) is 72.2 Å². The smallest absolute Gasteiger partial charge is 0.270 e. The lowest BCUT2D eigenvalue weighted by Crippen LogP contribution is -2.08. The summed E-state index contributed by atoms with van der Waals surface area (Å²) in [4.78, 5) is 21.2. The van der Waals surface area contributed by atoms with E-state index in [9.17, 15) is 14.9 Å². The van der Waals surface area contributed by atoms with Gasteiger partial charge in [-0.2, -0.15) is 0 Å². The molecule has 0 saturated heterocycles. The molecule has 1 aromatic rings. The summed E-state index contributed by atoms with van der Waals surface area (Å²) in [6.45, 7) is 1.73. The fourth-order valence-corrected chi connectivity index (χ4v) is 1.51. The summed E-state index contributed by atoms with van der Waals surface area (Å²) in [5.41, 5.74) is 0.463. The van der Waals surface area contributed by atoms with Crippen molar-refractivity contribution in [1.82, 2.24) is 0 Å². The van der Waals surface area contributed by atoms with Crippen molar-refractivity contribution >= 4 is 33.2 Å². The average molecular weight is 285 g/mol. The summed E-state index contributed by atoms with van der Waals surface area (Å²) in [5.74, 6) is -0.281. The van der Waals surface area contributed by atoms with Crippen LogP contribution in [0.2, 0.25) is 0 Å². The van der Waals surface area contributed by atoms with Crippen molar-refractivity contribution in [3.05, 3.63) is 44.9 Å². The third-order valence-electron chi connectivity index (χ3n) is 1.74. The molecule has 1 N–H and O–H groups in total. The van der Waals surface area contributed by atoms with Crippen molar-refractivity contribution in [2.75, 3.05) is 5.32 Å². The van der Waals surface area contributed by atoms with Crippen LogP contribution in [0.4, 0.5) is 11.4 Å². The van der Waals surface area contributed by atoms with Gasteiger partial charge < -0.3 is 5.32 Å². The lowest BCUT2D eigenvalue weighted by molar-refractivity contribution is -0.384. The minimum Gasteiger partial charge on any atom is -0.321 e. The van der Waals surface area contributed by atoms with Crippen LogP contribution in [0.1, 0.15) is 6.92 Å². The third-order valence-corrected chi connectivity index (χ3v) is 2.40. The normalized spacial score (nSPS) is 10.4. The highest BCUT2D eigenvalue weighted by molar-refractivity contribution is 9.10. The zero-order valence-electron chi connectivity index (χ0n) is 8.44. The molecular weight excluding hydrogens is 276 g/mol. The quantitative estimate of drug-likeness (QED) is 0.527. The van der Waals surface area contributed by atoms with E-state index < -0.39 is 4.92 Å². The van der Waals surface area contributed by atoms with Gasteiger partial charge >= 0.3 is 0 Å². The van der Waals surface area contributed by atoms with Gasteiger partial charge in [0.2, 0.25) is 5.91 Å². The van der Waals surface area contributed by atoms with E-state index in [4.69, 9.17) is 0 Å². The molecule has 1 amide bonds. The fraction of sp³-hybridized carbons (Fsp3) is 0.100. The number of hydrogen-bond donors (Lipinski definition) is 1. The molecule has 0 aliphatic carbocycles. The Kier molecular flexibility index (Phi) is 4.19. The predicted molar refractivity (Wildman–Crippen MR) is 64.2 cm³/mol. The van der Waals surface area contributed by atoms with E-state index in [-0.39, 0.29) is 11.6 Å². The van der Waals surface area contributed by atoms with Crippen LogP contribution in [0.25, 0.3) is 0 Å². The standard InChI is InChI=1S/C10H9BrN2O3/c1-2-3-10(14)12-9-5-4-7(13(15)16)6-8(9)11/h2-6H,1H3,(H,12,14). The van der Waals surface area contributed by atoms with E-state index >= 15 is 0 Å². The van der Waals surface area contributed by atoms with E-state index in [0.717, 1.165) is 0 Å². The number of benzene rings is 1. The number of nitro groups is 1. The maximum Gasteiger partial charge on any atom is 0.270 e. The monoisotopic (exact) mass is 284 g/mol. The molecule has 5 nitrogen and oxygen atoms in total. The Hall–Kier alpha value is -1.69. The van der Waals surface area contributed by atoms with Crippen LogP contribution in [0.15, 0.2) is 34.8 Å². The van der Waals surface area contributed by atoms with Gasteiger partial charge in [-0.05, 0) is 35.0 Å². The van der Waals surface area contributed by atoms with Crippen LogP contribution in [0, 0.1) is 10.1 Å². The van der Waals surface area contributed by atoms with Crippen molar-refractivity contribution in [2.45, 2.75) is 6.92 Å². The molecule has 0 aromatic heterocycles. The molecule has 0 saturated carbocycles. The zero-order valence-corrected chi connectivity index (χ0v) is 10.0. The van der Waals surface area contributed by atoms with E-state index in [1.807, 2.05) is 0 Å². The Morgan fingerprint density at radius 1 is 1.56 bits per heavy atom. The van der Waals surface area contributed by atoms with E-state index in [1.54, 1.807) is 13.0 Å². The molecule has 0 unspecified atom stereocenters. The largest absolute Gasteiger partial charge is 0.321 e. The average Bonchev–Trinajstić information content (AvgIpc) is 2.21. The van der Waals surface area contributed by atoms with Crippen molar-refractivity contribution in [3.8, 4) is 0 Å². The number of non-ortho nitro benzene ring substituents is 1. The maximum absolute atomic E-state index is 11.2. The molecule has 16 heavy (non-hydrogen) atoms. The van der Waals surface area contributed by atoms with Crippen LogP contribution < -0.4 is 5.32 Å². The van der Waals surface area contributed by atoms with Crippen LogP contribution >= 0.6 is 15.9 Å². The Labute approximate surface area is 100 Å². The summed E-state index contributed by atoms with van der Waals surface area (Å²) >= 11 is 3.15. The van der Waals surface area contributed by atoms with Gasteiger partial charge in [-0.1, -0.05) is 6.08 Å². The molecule has 0 heterocycles. The van der Waals surface area contributed by atoms with Crippen molar-refractivity contribution < 1.29 is 9.72 Å². The van der Waals surface area contributed by atoms with Gasteiger partial charge in [0, 0.05) is 16.6 Å². The lowest BCUT2D eigenvalue weighted by Gasteiger charge is -2.04. The number of halogens is 1. The number of carbonyl (C=O) groups excluding carboxylic acids is 1. The number of amides is 1. The van der Waals surface area contributed by atoms with Crippen LogP contribution in [-0.2, 0) is 4.79 Å². The first-order valence-electron chi connectivity index (χ1n) is 4.42. The zero-order chi connectivity index (χ0) is 12.1. The van der Waals surface area contributed by atoms with Crippen molar-refractivity contribution in [3.63, 3.8) is 0 Å². The molecule has 0 aliphatic rings. The van der Waals surface area contributed by atoms with Gasteiger partial charge in [-0.15, -0.1) is 0 Å². The number of allylic oxidation sites excluding steroid dienone is 1. The number of hydrogen-bond acceptors (Lipinski definition) is 3. The number of carbonyl (C=O) groups is 1. The number of nitrogens with one attached hydrogen (secondary N) is 1. The van der Waals surface area contributed by atoms with Crippen molar-refractivity contribution in [2.24, 2.45) is 0 Å². The maximum atomic E-state index is 11.2. The van der Waals surface area contributed by atoms with Gasteiger partial charge in [-0.25, -0.2) is 0 Å². The van der Waals surface area contributed by atoms with Crippen molar-refractivity contribution in [1.29, 1.82) is 0 Å². The van der Waals surface area contributed by atoms with Gasteiger partial charge in [0.25, 0.3) is 5.69 Å². The SMILES string of the molecule is CC=CC(=O)Nc1ccc([N+](=O)[O-])cc1Br. The highest BCUT2D eigenvalue weighted by Crippen LogP contribution is 2.26. The van der Waals surface area contributed by atoms with Crippen LogP contribution in [0.3, 0.4) is 0 Å². The molecular formula is C10H9BrN2O3. The molecule has 0 aliphatic heterocycles. The summed E-state index contributed by atoms with van der Waals surface area (Å²) in [5, 5.41) is 13.1. The Balaban J connectivity index is 2.91. The molecule has 84 valence electrons. The summed E-state index contributed by atoms with van der Waals surface area (Å²) in [6, 6.07) is 4.14. The van der Waals surface area contributed by atoms with Gasteiger partial charge in [0.1, 0.15) is 0 Å². The molecule has 0 atom stereocenters. The molecule has 0 spiro atoms. The highest BCUT2D eigenvalue weighted by atomic mass is 79.9. The van der Waals surface area contributed by atoms with E-state index in [0.29, 0.717) is 10.2 Å². The summed E-state index contributed by atoms with van der Waals surface area (Å²) in [7, 11) is 0. The van der Waals surface area contributed by atoms with Crippen LogP contribution in [0.5, 0.6) is 0 Å². The molecule has 6 heteroatoms. The van der Waals surface area contributed by atoms with E-state index in [2.05, 4.69) is 21.2 Å². The van der Waals surface area contributed by atoms with Gasteiger partial charge in [0.05, 0.1) is 10.6 Å². The van der Waals surface area contributed by atoms with E-state index in [1.165, 1.54) is 24.3 Å². The molecule has 0 radical (unpaired) electrons. The number of nitro benzene ring substituents is 1. The molecule has 0 fully saturated rings. The lowest BCUT2D eigenvalue weighted by atomic mass is 10.3. The van der Waals surface area contributed by atoms with Gasteiger partial charge in [-0.3, -0.25) is 14.9 Å². The predicted octanol–water partition coefficient (Wildman–Crippen LogP) is 2.87. The summed E-state index contributed by atoms with van der Waals surface area (Å²) in [6.07, 6.45) is 2.97. The first kappa shape index (κ1) is 12.4. The Morgan fingerprint density at radius 3 is 2.75 bits per heavy atom. The minimum absolute atomic E-state index is 0.0316. The summed E-state index contributed by atoms with van der Waals surface area (Å²) < 4.78 is 0.472. The first-order chi connectivity index (χ1) is 7.54. The Bertz CT molecular complexity index is 457. The second kappa shape index (κ2) is 5.41. The van der Waals surface area contributed by atoms with Crippen LogP contribution in [-0.4, -0.2) is 10.8 Å². The van der Waals surface area contributed by atoms with Gasteiger partial charge in [0.15, 0.2) is 0 Å². The highest BCUT2D eigenvalue weighted by Gasteiger charge is 2.09. The third kappa shape index (κ3) is 3.16. The number of rotatable bonds is 3. The molecule has 1 rings (SSSR count). The fourth-order valence-electron chi connectivity index (χ4n) is 1.04. The Morgan fingerprint density at radius 2 is 2.25 bits per heavy atom. The molecule has 1 aromatic carbocycles. The second-order valence-corrected chi connectivity index (χ2v) is 3.76. The minimum atomic E-state index is -0.498.